The maximum absolute atomic E-state index is 10.2. The van der Waals surface area contributed by atoms with E-state index in [0.29, 0.717) is 30.1 Å². The van der Waals surface area contributed by atoms with Gasteiger partial charge in [-0.15, -0.1) is 0 Å². The number of nitrogens with one attached hydrogen (secondary N) is 1. The molecule has 0 saturated heterocycles. The van der Waals surface area contributed by atoms with Crippen LogP contribution in [0.15, 0.2) is 18.2 Å². The first-order valence-electron chi connectivity index (χ1n) is 6.07. The van der Waals surface area contributed by atoms with E-state index >= 15 is 0 Å². The van der Waals surface area contributed by atoms with E-state index in [0.717, 1.165) is 0 Å². The Labute approximate surface area is 114 Å². The molecule has 0 amide bonds. The molecule has 1 atom stereocenters. The van der Waals surface area contributed by atoms with Gasteiger partial charge in [-0.3, -0.25) is 0 Å². The maximum atomic E-state index is 10.2. The average Bonchev–Trinajstić information content (AvgIpc) is 2.34. The van der Waals surface area contributed by atoms with Crippen LogP contribution in [0.1, 0.15) is 12.5 Å². The molecule has 5 heteroatoms. The summed E-state index contributed by atoms with van der Waals surface area (Å²) < 4.78 is 5.13. The molecule has 1 aromatic carbocycles. The molecular weight excluding hydrogens is 242 g/mol. The minimum Gasteiger partial charge on any atom is -0.497 e. The zero-order valence-electron chi connectivity index (χ0n) is 11.9. The van der Waals surface area contributed by atoms with Gasteiger partial charge in [0, 0.05) is 19.2 Å². The van der Waals surface area contributed by atoms with Gasteiger partial charge in [0.05, 0.1) is 24.0 Å². The lowest BCUT2D eigenvalue weighted by Crippen LogP contribution is -2.43. The van der Waals surface area contributed by atoms with Crippen LogP contribution >= 0.6 is 0 Å². The number of nitriles is 1. The van der Waals surface area contributed by atoms with Crippen molar-refractivity contribution in [1.29, 1.82) is 5.26 Å². The van der Waals surface area contributed by atoms with Crippen LogP contribution in [-0.4, -0.2) is 49.9 Å². The van der Waals surface area contributed by atoms with Gasteiger partial charge in [0.2, 0.25) is 0 Å². The number of anilines is 1. The molecule has 0 radical (unpaired) electrons. The molecule has 2 N–H and O–H groups in total. The van der Waals surface area contributed by atoms with E-state index in [4.69, 9.17) is 10.00 Å². The molecule has 0 aliphatic rings. The molecule has 5 nitrogen and oxygen atoms in total. The molecule has 0 fully saturated rings. The number of nitrogens with zero attached hydrogens (tertiary/aromatic N) is 2. The zero-order valence-corrected chi connectivity index (χ0v) is 11.9. The molecular formula is C14H21N3O2. The van der Waals surface area contributed by atoms with E-state index in [-0.39, 0.29) is 0 Å². The third kappa shape index (κ3) is 4.78. The Hall–Kier alpha value is -1.77. The van der Waals surface area contributed by atoms with Gasteiger partial charge in [0.1, 0.15) is 11.8 Å². The minimum atomic E-state index is -0.876. The molecule has 19 heavy (non-hydrogen) atoms. The molecule has 0 saturated carbocycles. The second kappa shape index (κ2) is 6.41. The van der Waals surface area contributed by atoms with Gasteiger partial charge in [-0.25, -0.2) is 0 Å². The Bertz CT molecular complexity index is 464. The fraction of sp³-hybridized carbons (Fsp3) is 0.500. The second-order valence-corrected chi connectivity index (χ2v) is 5.11. The molecule has 104 valence electrons. The van der Waals surface area contributed by atoms with Gasteiger partial charge in [-0.1, -0.05) is 0 Å². The molecule has 0 aliphatic carbocycles. The van der Waals surface area contributed by atoms with Gasteiger partial charge < -0.3 is 20.1 Å². The van der Waals surface area contributed by atoms with Crippen LogP contribution in [0.2, 0.25) is 0 Å². The minimum absolute atomic E-state index is 0.354. The number of rotatable bonds is 6. The van der Waals surface area contributed by atoms with Crippen molar-refractivity contribution in [3.05, 3.63) is 23.8 Å². The summed E-state index contributed by atoms with van der Waals surface area (Å²) in [4.78, 5) is 1.92. The standard InChI is InChI=1S/C14H21N3O2/c1-14(18,10-17(2)3)9-16-13-7-12(19-4)6-5-11(13)8-15/h5-7,16,18H,9-10H2,1-4H3. The van der Waals surface area contributed by atoms with Crippen molar-refractivity contribution in [3.8, 4) is 11.8 Å². The highest BCUT2D eigenvalue weighted by atomic mass is 16.5. The summed E-state index contributed by atoms with van der Waals surface area (Å²) in [5.41, 5.74) is 0.321. The highest BCUT2D eigenvalue weighted by molar-refractivity contribution is 5.60. The predicted octanol–water partition coefficient (Wildman–Crippen LogP) is 1.29. The predicted molar refractivity (Wildman–Crippen MR) is 75.4 cm³/mol. The van der Waals surface area contributed by atoms with E-state index in [1.54, 1.807) is 32.2 Å². The molecule has 0 spiro atoms. The van der Waals surface area contributed by atoms with Crippen molar-refractivity contribution >= 4 is 5.69 Å². The van der Waals surface area contributed by atoms with Gasteiger partial charge in [-0.2, -0.15) is 5.26 Å². The largest absolute Gasteiger partial charge is 0.497 e. The molecule has 0 heterocycles. The van der Waals surface area contributed by atoms with Crippen LogP contribution in [0.5, 0.6) is 5.75 Å². The fourth-order valence-electron chi connectivity index (χ4n) is 1.92. The number of benzene rings is 1. The maximum Gasteiger partial charge on any atom is 0.121 e. The van der Waals surface area contributed by atoms with Crippen LogP contribution in [-0.2, 0) is 0 Å². The smallest absolute Gasteiger partial charge is 0.121 e. The van der Waals surface area contributed by atoms with Crippen LogP contribution in [0.3, 0.4) is 0 Å². The monoisotopic (exact) mass is 263 g/mol. The lowest BCUT2D eigenvalue weighted by atomic mass is 10.1. The van der Waals surface area contributed by atoms with Crippen LogP contribution < -0.4 is 10.1 Å². The highest BCUT2D eigenvalue weighted by Crippen LogP contribution is 2.22. The van der Waals surface area contributed by atoms with Crippen molar-refractivity contribution in [2.45, 2.75) is 12.5 Å². The normalized spacial score (nSPS) is 13.7. The van der Waals surface area contributed by atoms with Crippen LogP contribution in [0.4, 0.5) is 5.69 Å². The summed E-state index contributed by atoms with van der Waals surface area (Å²) in [6.07, 6.45) is 0. The Morgan fingerprint density at radius 3 is 2.68 bits per heavy atom. The highest BCUT2D eigenvalue weighted by Gasteiger charge is 2.21. The lowest BCUT2D eigenvalue weighted by molar-refractivity contribution is 0.0460. The van der Waals surface area contributed by atoms with E-state index in [2.05, 4.69) is 11.4 Å². The van der Waals surface area contributed by atoms with Gasteiger partial charge in [-0.05, 0) is 33.2 Å². The Morgan fingerprint density at radius 1 is 1.47 bits per heavy atom. The molecule has 0 aliphatic heterocycles. The van der Waals surface area contributed by atoms with Gasteiger partial charge in [0.25, 0.3) is 0 Å². The van der Waals surface area contributed by atoms with Crippen molar-refractivity contribution in [1.82, 2.24) is 4.90 Å². The number of aliphatic hydroxyl groups is 1. The van der Waals surface area contributed by atoms with Crippen molar-refractivity contribution in [3.63, 3.8) is 0 Å². The number of ether oxygens (including phenoxy) is 1. The Balaban J connectivity index is 2.79. The lowest BCUT2D eigenvalue weighted by Gasteiger charge is -2.27. The van der Waals surface area contributed by atoms with E-state index < -0.39 is 5.60 Å². The number of hydrogen-bond acceptors (Lipinski definition) is 5. The molecule has 1 aromatic rings. The Morgan fingerprint density at radius 2 is 2.16 bits per heavy atom. The van der Waals surface area contributed by atoms with E-state index in [1.165, 1.54) is 0 Å². The quantitative estimate of drug-likeness (QED) is 0.809. The van der Waals surface area contributed by atoms with Crippen LogP contribution in [0.25, 0.3) is 0 Å². The third-order valence-corrected chi connectivity index (χ3v) is 2.66. The topological polar surface area (TPSA) is 68.5 Å². The van der Waals surface area contributed by atoms with Crippen molar-refractivity contribution < 1.29 is 9.84 Å². The Kier molecular flexibility index (Phi) is 5.16. The first kappa shape index (κ1) is 15.3. The first-order chi connectivity index (χ1) is 8.88. The second-order valence-electron chi connectivity index (χ2n) is 5.11. The summed E-state index contributed by atoms with van der Waals surface area (Å²) in [5, 5.41) is 22.4. The number of methoxy groups -OCH3 is 1. The summed E-state index contributed by atoms with van der Waals surface area (Å²) in [7, 11) is 5.38. The summed E-state index contributed by atoms with van der Waals surface area (Å²) in [6, 6.07) is 7.30. The van der Waals surface area contributed by atoms with E-state index in [9.17, 15) is 5.11 Å². The molecule has 1 unspecified atom stereocenters. The fourth-order valence-corrected chi connectivity index (χ4v) is 1.92. The van der Waals surface area contributed by atoms with Gasteiger partial charge in [0.15, 0.2) is 0 Å². The van der Waals surface area contributed by atoms with E-state index in [1.807, 2.05) is 19.0 Å². The van der Waals surface area contributed by atoms with Crippen molar-refractivity contribution in [2.75, 3.05) is 39.6 Å². The first-order valence-corrected chi connectivity index (χ1v) is 6.07. The third-order valence-electron chi connectivity index (χ3n) is 2.66. The summed E-state index contributed by atoms with van der Waals surface area (Å²) in [5.74, 6) is 0.675. The van der Waals surface area contributed by atoms with Crippen molar-refractivity contribution in [2.24, 2.45) is 0 Å². The molecule has 1 rings (SSSR count). The molecule has 0 aromatic heterocycles. The van der Waals surface area contributed by atoms with Gasteiger partial charge >= 0.3 is 0 Å². The number of likely N-dealkylation sites (N-methyl/N-ethyl adjacent to an activating group) is 1. The zero-order chi connectivity index (χ0) is 14.5. The number of hydrogen-bond donors (Lipinski definition) is 2. The summed E-state index contributed by atoms with van der Waals surface area (Å²) in [6.45, 7) is 2.64. The molecule has 0 bridgehead atoms. The SMILES string of the molecule is COc1ccc(C#N)c(NCC(C)(O)CN(C)C)c1. The van der Waals surface area contributed by atoms with Crippen LogP contribution in [0, 0.1) is 11.3 Å². The average molecular weight is 263 g/mol. The summed E-state index contributed by atoms with van der Waals surface area (Å²) >= 11 is 0.